The predicted molar refractivity (Wildman–Crippen MR) is 78.1 cm³/mol. The molecule has 19 heavy (non-hydrogen) atoms. The molecule has 1 aliphatic heterocycles. The van der Waals surface area contributed by atoms with Gasteiger partial charge in [0.1, 0.15) is 0 Å². The molecule has 1 heterocycles. The van der Waals surface area contributed by atoms with Gasteiger partial charge in [-0.25, -0.2) is 0 Å². The number of unbranched alkanes of at least 4 members (excludes halogenated alkanes) is 1. The van der Waals surface area contributed by atoms with Crippen molar-refractivity contribution < 1.29 is 4.74 Å². The summed E-state index contributed by atoms with van der Waals surface area (Å²) >= 11 is 0. The normalized spacial score (nSPS) is 25.0. The number of rotatable bonds is 6. The summed E-state index contributed by atoms with van der Waals surface area (Å²) in [5, 5.41) is 0. The first kappa shape index (κ1) is 13.1. The molecule has 1 aromatic carbocycles. The summed E-state index contributed by atoms with van der Waals surface area (Å²) in [6, 6.07) is 10.8. The van der Waals surface area contributed by atoms with Crippen molar-refractivity contribution >= 4 is 0 Å². The van der Waals surface area contributed by atoms with Gasteiger partial charge in [0.15, 0.2) is 0 Å². The fraction of sp³-hybridized carbons (Fsp3) is 0.647. The Morgan fingerprint density at radius 2 is 2.05 bits per heavy atom. The van der Waals surface area contributed by atoms with Gasteiger partial charge in [0.25, 0.3) is 0 Å². The predicted octanol–water partition coefficient (Wildman–Crippen LogP) is 3.61. The Bertz CT molecular complexity index is 399. The molecular weight excluding hydrogens is 234 g/mol. The average molecular weight is 259 g/mol. The summed E-state index contributed by atoms with van der Waals surface area (Å²) in [5.74, 6) is 0. The van der Waals surface area contributed by atoms with E-state index in [1.807, 2.05) is 0 Å². The number of benzene rings is 1. The molecule has 0 N–H and O–H groups in total. The monoisotopic (exact) mass is 259 g/mol. The first-order valence-electron chi connectivity index (χ1n) is 7.73. The van der Waals surface area contributed by atoms with E-state index in [9.17, 15) is 0 Å². The SMILES string of the molecule is CCCCO[C@@H]1CN(Cc2ccccc2)C2(CC2)C1. The largest absolute Gasteiger partial charge is 0.377 e. The van der Waals surface area contributed by atoms with Crippen molar-refractivity contribution in [3.63, 3.8) is 0 Å². The van der Waals surface area contributed by atoms with Crippen LogP contribution in [0.4, 0.5) is 0 Å². The van der Waals surface area contributed by atoms with Crippen LogP contribution in [-0.2, 0) is 11.3 Å². The lowest BCUT2D eigenvalue weighted by atomic mass is 10.1. The highest BCUT2D eigenvalue weighted by Gasteiger charge is 2.54. The van der Waals surface area contributed by atoms with Gasteiger partial charge in [0.2, 0.25) is 0 Å². The van der Waals surface area contributed by atoms with Crippen LogP contribution in [0.3, 0.4) is 0 Å². The molecule has 0 bridgehead atoms. The highest BCUT2D eigenvalue weighted by molar-refractivity contribution is 5.18. The zero-order chi connectivity index (χ0) is 13.1. The van der Waals surface area contributed by atoms with Crippen molar-refractivity contribution in [2.24, 2.45) is 0 Å². The highest BCUT2D eigenvalue weighted by atomic mass is 16.5. The van der Waals surface area contributed by atoms with Crippen molar-refractivity contribution in [2.75, 3.05) is 13.2 Å². The second-order valence-corrected chi connectivity index (χ2v) is 6.14. The molecule has 1 aromatic rings. The molecule has 0 unspecified atom stereocenters. The Balaban J connectivity index is 1.57. The van der Waals surface area contributed by atoms with Crippen molar-refractivity contribution in [2.45, 2.75) is 57.2 Å². The van der Waals surface area contributed by atoms with E-state index < -0.39 is 0 Å². The zero-order valence-corrected chi connectivity index (χ0v) is 12.0. The molecule has 2 aliphatic rings. The van der Waals surface area contributed by atoms with Gasteiger partial charge in [-0.15, -0.1) is 0 Å². The second-order valence-electron chi connectivity index (χ2n) is 6.14. The second kappa shape index (κ2) is 5.64. The van der Waals surface area contributed by atoms with Crippen molar-refractivity contribution in [1.29, 1.82) is 0 Å². The maximum atomic E-state index is 6.05. The lowest BCUT2D eigenvalue weighted by molar-refractivity contribution is 0.0566. The fourth-order valence-electron chi connectivity index (χ4n) is 3.26. The smallest absolute Gasteiger partial charge is 0.0719 e. The summed E-state index contributed by atoms with van der Waals surface area (Å²) in [5.41, 5.74) is 1.93. The van der Waals surface area contributed by atoms with Gasteiger partial charge >= 0.3 is 0 Å². The molecule has 1 spiro atoms. The van der Waals surface area contributed by atoms with Crippen LogP contribution >= 0.6 is 0 Å². The number of nitrogens with zero attached hydrogens (tertiary/aromatic N) is 1. The van der Waals surface area contributed by atoms with Gasteiger partial charge < -0.3 is 4.74 Å². The molecule has 2 fully saturated rings. The Hall–Kier alpha value is -0.860. The van der Waals surface area contributed by atoms with Crippen molar-refractivity contribution in [1.82, 2.24) is 4.90 Å². The molecule has 2 nitrogen and oxygen atoms in total. The topological polar surface area (TPSA) is 12.5 Å². The van der Waals surface area contributed by atoms with Crippen LogP contribution in [0.25, 0.3) is 0 Å². The summed E-state index contributed by atoms with van der Waals surface area (Å²) < 4.78 is 6.05. The molecular formula is C17H25NO. The molecule has 3 rings (SSSR count). The van der Waals surface area contributed by atoms with E-state index in [2.05, 4.69) is 42.2 Å². The fourth-order valence-corrected chi connectivity index (χ4v) is 3.26. The number of hydrogen-bond donors (Lipinski definition) is 0. The standard InChI is InChI=1S/C17H25NO/c1-2-3-11-19-16-12-17(9-10-17)18(14-16)13-15-7-5-4-6-8-15/h4-8,16H,2-3,9-14H2,1H3/t16-/m0/s1. The van der Waals surface area contributed by atoms with Crippen LogP contribution < -0.4 is 0 Å². The average Bonchev–Trinajstić information content (AvgIpc) is 3.12. The Morgan fingerprint density at radius 3 is 2.74 bits per heavy atom. The van der Waals surface area contributed by atoms with E-state index in [1.165, 1.54) is 37.7 Å². The number of ether oxygens (including phenoxy) is 1. The van der Waals surface area contributed by atoms with Gasteiger partial charge in [-0.3, -0.25) is 4.90 Å². The van der Waals surface area contributed by atoms with E-state index in [-0.39, 0.29) is 0 Å². The molecule has 2 heteroatoms. The van der Waals surface area contributed by atoms with E-state index in [1.54, 1.807) is 0 Å². The van der Waals surface area contributed by atoms with E-state index in [0.717, 1.165) is 19.7 Å². The third-order valence-electron chi connectivity index (χ3n) is 4.60. The minimum atomic E-state index is 0.470. The maximum absolute atomic E-state index is 6.05. The molecule has 1 aliphatic carbocycles. The zero-order valence-electron chi connectivity index (χ0n) is 12.0. The molecule has 0 aromatic heterocycles. The number of likely N-dealkylation sites (tertiary alicyclic amines) is 1. The Labute approximate surface area is 116 Å². The molecule has 0 radical (unpaired) electrons. The van der Waals surface area contributed by atoms with Crippen molar-refractivity contribution in [3.05, 3.63) is 35.9 Å². The number of hydrogen-bond acceptors (Lipinski definition) is 2. The lowest BCUT2D eigenvalue weighted by Gasteiger charge is -2.23. The molecule has 1 atom stereocenters. The van der Waals surface area contributed by atoms with E-state index in [4.69, 9.17) is 4.74 Å². The minimum absolute atomic E-state index is 0.470. The summed E-state index contributed by atoms with van der Waals surface area (Å²) in [6.45, 7) is 5.38. The Morgan fingerprint density at radius 1 is 1.26 bits per heavy atom. The van der Waals surface area contributed by atoms with Gasteiger partial charge in [-0.2, -0.15) is 0 Å². The quantitative estimate of drug-likeness (QED) is 0.724. The van der Waals surface area contributed by atoms with Gasteiger partial charge in [0.05, 0.1) is 6.10 Å². The third kappa shape index (κ3) is 3.01. The summed E-state index contributed by atoms with van der Waals surface area (Å²) in [7, 11) is 0. The molecule has 1 saturated heterocycles. The summed E-state index contributed by atoms with van der Waals surface area (Å²) in [6.07, 6.45) is 6.89. The van der Waals surface area contributed by atoms with Crippen LogP contribution in [-0.4, -0.2) is 29.7 Å². The lowest BCUT2D eigenvalue weighted by Crippen LogP contribution is -2.31. The minimum Gasteiger partial charge on any atom is -0.377 e. The first-order chi connectivity index (χ1) is 9.32. The van der Waals surface area contributed by atoms with E-state index in [0.29, 0.717) is 11.6 Å². The van der Waals surface area contributed by atoms with Crippen LogP contribution in [0.1, 0.15) is 44.6 Å². The first-order valence-corrected chi connectivity index (χ1v) is 7.73. The van der Waals surface area contributed by atoms with Gasteiger partial charge in [-0.05, 0) is 31.2 Å². The van der Waals surface area contributed by atoms with Crippen molar-refractivity contribution in [3.8, 4) is 0 Å². The Kier molecular flexibility index (Phi) is 3.90. The van der Waals surface area contributed by atoms with Crippen LogP contribution in [0.5, 0.6) is 0 Å². The highest BCUT2D eigenvalue weighted by Crippen LogP contribution is 2.50. The molecule has 104 valence electrons. The van der Waals surface area contributed by atoms with E-state index >= 15 is 0 Å². The van der Waals surface area contributed by atoms with Crippen LogP contribution in [0.2, 0.25) is 0 Å². The summed E-state index contributed by atoms with van der Waals surface area (Å²) in [4.78, 5) is 2.67. The molecule has 0 amide bonds. The van der Waals surface area contributed by atoms with Crippen LogP contribution in [0, 0.1) is 0 Å². The third-order valence-corrected chi connectivity index (χ3v) is 4.60. The van der Waals surface area contributed by atoms with Crippen LogP contribution in [0.15, 0.2) is 30.3 Å². The molecule has 1 saturated carbocycles. The van der Waals surface area contributed by atoms with Gasteiger partial charge in [-0.1, -0.05) is 43.7 Å². The maximum Gasteiger partial charge on any atom is 0.0719 e. The van der Waals surface area contributed by atoms with Gasteiger partial charge in [0, 0.05) is 25.2 Å².